The highest BCUT2D eigenvalue weighted by atomic mass is 16.6. The average molecular weight is 184 g/mol. The van der Waals surface area contributed by atoms with E-state index in [1.807, 2.05) is 6.92 Å². The van der Waals surface area contributed by atoms with E-state index in [0.717, 1.165) is 0 Å². The Morgan fingerprint density at radius 3 is 2.69 bits per heavy atom. The van der Waals surface area contributed by atoms with Crippen LogP contribution in [0.4, 0.5) is 11.5 Å². The third-order valence-electron chi connectivity index (χ3n) is 1.81. The minimum Gasteiger partial charge on any atom is -0.368 e. The van der Waals surface area contributed by atoms with Crippen molar-refractivity contribution in [3.8, 4) is 0 Å². The van der Waals surface area contributed by atoms with E-state index in [2.05, 4.69) is 10.4 Å². The number of hydrogen-bond acceptors (Lipinski definition) is 4. The highest BCUT2D eigenvalue weighted by molar-refractivity contribution is 5.59. The monoisotopic (exact) mass is 184 g/mol. The van der Waals surface area contributed by atoms with Gasteiger partial charge in [0, 0.05) is 13.6 Å². The fourth-order valence-corrected chi connectivity index (χ4v) is 1.27. The summed E-state index contributed by atoms with van der Waals surface area (Å²) < 4.78 is 1.58. The zero-order chi connectivity index (χ0) is 10.0. The normalized spacial score (nSPS) is 10.1. The van der Waals surface area contributed by atoms with Gasteiger partial charge in [-0.1, -0.05) is 0 Å². The van der Waals surface area contributed by atoms with Gasteiger partial charge >= 0.3 is 5.69 Å². The maximum Gasteiger partial charge on any atom is 0.333 e. The Morgan fingerprint density at radius 1 is 1.69 bits per heavy atom. The number of hydrogen-bond donors (Lipinski definition) is 1. The van der Waals surface area contributed by atoms with Crippen LogP contribution in [-0.4, -0.2) is 21.8 Å². The van der Waals surface area contributed by atoms with Gasteiger partial charge in [-0.3, -0.25) is 10.1 Å². The summed E-state index contributed by atoms with van der Waals surface area (Å²) in [6.07, 6.45) is 0. The van der Waals surface area contributed by atoms with Gasteiger partial charge in [0.25, 0.3) is 0 Å². The molecule has 0 radical (unpaired) electrons. The van der Waals surface area contributed by atoms with Crippen LogP contribution in [0.2, 0.25) is 0 Å². The minimum atomic E-state index is -0.416. The van der Waals surface area contributed by atoms with Crippen molar-refractivity contribution in [1.29, 1.82) is 0 Å². The van der Waals surface area contributed by atoms with Gasteiger partial charge in [0.15, 0.2) is 0 Å². The van der Waals surface area contributed by atoms with E-state index in [1.54, 1.807) is 18.7 Å². The smallest absolute Gasteiger partial charge is 0.333 e. The molecule has 0 aliphatic heterocycles. The lowest BCUT2D eigenvalue weighted by atomic mass is 10.4. The van der Waals surface area contributed by atoms with E-state index in [9.17, 15) is 10.1 Å². The standard InChI is InChI=1S/C7H12N4O2/c1-4-10-7(8-3)6(11(12)13)5(2)9-10/h8H,4H2,1-3H3. The molecule has 0 saturated heterocycles. The number of nitro groups is 1. The molecule has 1 aromatic heterocycles. The third-order valence-corrected chi connectivity index (χ3v) is 1.81. The van der Waals surface area contributed by atoms with E-state index < -0.39 is 4.92 Å². The largest absolute Gasteiger partial charge is 0.368 e. The molecule has 72 valence electrons. The number of aryl methyl sites for hydroxylation is 2. The second kappa shape index (κ2) is 3.42. The van der Waals surface area contributed by atoms with E-state index in [1.165, 1.54) is 0 Å². The molecular formula is C7H12N4O2. The molecule has 0 fully saturated rings. The zero-order valence-electron chi connectivity index (χ0n) is 7.87. The van der Waals surface area contributed by atoms with Gasteiger partial charge in [-0.05, 0) is 13.8 Å². The fraction of sp³-hybridized carbons (Fsp3) is 0.571. The Hall–Kier alpha value is -1.59. The van der Waals surface area contributed by atoms with Gasteiger partial charge in [0.1, 0.15) is 5.69 Å². The minimum absolute atomic E-state index is 0.0596. The molecule has 1 N–H and O–H groups in total. The second-order valence-corrected chi connectivity index (χ2v) is 2.61. The summed E-state index contributed by atoms with van der Waals surface area (Å²) in [4.78, 5) is 10.2. The SMILES string of the molecule is CCn1nc(C)c([N+](=O)[O-])c1NC. The van der Waals surface area contributed by atoms with Crippen LogP contribution in [0.1, 0.15) is 12.6 Å². The first kappa shape index (κ1) is 9.50. The lowest BCUT2D eigenvalue weighted by molar-refractivity contribution is -0.384. The van der Waals surface area contributed by atoms with Gasteiger partial charge in [-0.2, -0.15) is 5.10 Å². The van der Waals surface area contributed by atoms with Gasteiger partial charge in [-0.15, -0.1) is 0 Å². The Morgan fingerprint density at radius 2 is 2.31 bits per heavy atom. The summed E-state index contributed by atoms with van der Waals surface area (Å²) in [6.45, 7) is 4.13. The lowest BCUT2D eigenvalue weighted by Crippen LogP contribution is -2.03. The molecule has 6 nitrogen and oxygen atoms in total. The van der Waals surface area contributed by atoms with Crippen LogP contribution in [0, 0.1) is 17.0 Å². The molecule has 0 aromatic carbocycles. The molecular weight excluding hydrogens is 172 g/mol. The Labute approximate surface area is 75.7 Å². The molecule has 1 aromatic rings. The van der Waals surface area contributed by atoms with E-state index in [-0.39, 0.29) is 5.69 Å². The van der Waals surface area contributed by atoms with Gasteiger partial charge in [-0.25, -0.2) is 4.68 Å². The molecule has 1 rings (SSSR count). The summed E-state index contributed by atoms with van der Waals surface area (Å²) in [5, 5.41) is 17.5. The number of rotatable bonds is 3. The van der Waals surface area contributed by atoms with Crippen molar-refractivity contribution in [2.24, 2.45) is 0 Å². The maximum atomic E-state index is 10.6. The predicted octanol–water partition coefficient (Wildman–Crippen LogP) is 1.16. The third kappa shape index (κ3) is 1.47. The zero-order valence-corrected chi connectivity index (χ0v) is 7.87. The first-order valence-electron chi connectivity index (χ1n) is 4.01. The maximum absolute atomic E-state index is 10.6. The van der Waals surface area contributed by atoms with E-state index in [0.29, 0.717) is 18.1 Å². The Kier molecular flexibility index (Phi) is 2.50. The van der Waals surface area contributed by atoms with Gasteiger partial charge < -0.3 is 5.32 Å². The molecule has 0 aliphatic carbocycles. The average Bonchev–Trinajstić information content (AvgIpc) is 2.41. The number of aromatic nitrogens is 2. The van der Waals surface area contributed by atoms with Crippen LogP contribution in [0.5, 0.6) is 0 Å². The van der Waals surface area contributed by atoms with Gasteiger partial charge in [0.05, 0.1) is 4.92 Å². The molecule has 0 atom stereocenters. The Bertz CT molecular complexity index is 331. The molecule has 0 unspecified atom stereocenters. The fourth-order valence-electron chi connectivity index (χ4n) is 1.27. The van der Waals surface area contributed by atoms with Gasteiger partial charge in [0.2, 0.25) is 5.82 Å². The summed E-state index contributed by atoms with van der Waals surface area (Å²) in [7, 11) is 1.65. The Balaban J connectivity index is 3.31. The second-order valence-electron chi connectivity index (χ2n) is 2.61. The molecule has 1 heterocycles. The van der Waals surface area contributed by atoms with Crippen LogP contribution >= 0.6 is 0 Å². The number of anilines is 1. The number of nitrogens with one attached hydrogen (secondary N) is 1. The number of nitrogens with zero attached hydrogens (tertiary/aromatic N) is 3. The van der Waals surface area contributed by atoms with Crippen LogP contribution in [0.3, 0.4) is 0 Å². The molecule has 6 heteroatoms. The first-order chi connectivity index (χ1) is 6.11. The first-order valence-corrected chi connectivity index (χ1v) is 4.01. The van der Waals surface area contributed by atoms with Crippen molar-refractivity contribution in [3.63, 3.8) is 0 Å². The van der Waals surface area contributed by atoms with Crippen molar-refractivity contribution in [2.75, 3.05) is 12.4 Å². The highest BCUT2D eigenvalue weighted by Gasteiger charge is 2.23. The quantitative estimate of drug-likeness (QED) is 0.565. The van der Waals surface area contributed by atoms with Crippen molar-refractivity contribution in [3.05, 3.63) is 15.8 Å². The molecule has 0 bridgehead atoms. The van der Waals surface area contributed by atoms with Crippen molar-refractivity contribution >= 4 is 11.5 Å². The highest BCUT2D eigenvalue weighted by Crippen LogP contribution is 2.27. The van der Waals surface area contributed by atoms with Crippen LogP contribution in [-0.2, 0) is 6.54 Å². The van der Waals surface area contributed by atoms with E-state index >= 15 is 0 Å². The topological polar surface area (TPSA) is 73.0 Å². The lowest BCUT2D eigenvalue weighted by Gasteiger charge is -2.00. The molecule has 0 amide bonds. The van der Waals surface area contributed by atoms with Crippen LogP contribution in [0.15, 0.2) is 0 Å². The summed E-state index contributed by atoms with van der Waals surface area (Å²) >= 11 is 0. The summed E-state index contributed by atoms with van der Waals surface area (Å²) in [5.41, 5.74) is 0.501. The van der Waals surface area contributed by atoms with Crippen molar-refractivity contribution < 1.29 is 4.92 Å². The molecule has 0 saturated carbocycles. The van der Waals surface area contributed by atoms with Crippen molar-refractivity contribution in [1.82, 2.24) is 9.78 Å². The summed E-state index contributed by atoms with van der Waals surface area (Å²) in [5.74, 6) is 0.463. The van der Waals surface area contributed by atoms with Crippen LogP contribution < -0.4 is 5.32 Å². The van der Waals surface area contributed by atoms with Crippen molar-refractivity contribution in [2.45, 2.75) is 20.4 Å². The molecule has 0 aliphatic rings. The van der Waals surface area contributed by atoms with E-state index in [4.69, 9.17) is 0 Å². The summed E-state index contributed by atoms with van der Waals surface area (Å²) in [6, 6.07) is 0. The van der Waals surface area contributed by atoms with Crippen LogP contribution in [0.25, 0.3) is 0 Å². The predicted molar refractivity (Wildman–Crippen MR) is 48.8 cm³/mol. The molecule has 0 spiro atoms. The molecule has 13 heavy (non-hydrogen) atoms.